The van der Waals surface area contributed by atoms with Crippen LogP contribution in [-0.2, 0) is 21.6 Å². The van der Waals surface area contributed by atoms with Gasteiger partial charge in [-0.25, -0.2) is 0 Å². The average Bonchev–Trinajstić information content (AvgIpc) is 3.12. The second-order valence-electron chi connectivity index (χ2n) is 9.41. The van der Waals surface area contributed by atoms with Gasteiger partial charge in [0.25, 0.3) is 5.91 Å². The van der Waals surface area contributed by atoms with E-state index in [1.165, 1.54) is 17.0 Å². The molecule has 3 aromatic rings. The summed E-state index contributed by atoms with van der Waals surface area (Å²) in [6, 6.07) is 18.8. The lowest BCUT2D eigenvalue weighted by molar-refractivity contribution is -0.138. The highest BCUT2D eigenvalue weighted by Gasteiger charge is 2.56. The zero-order chi connectivity index (χ0) is 25.0. The van der Waals surface area contributed by atoms with Crippen molar-refractivity contribution in [1.82, 2.24) is 10.6 Å². The number of para-hydroxylation sites is 2. The van der Waals surface area contributed by atoms with E-state index in [4.69, 9.17) is 0 Å². The highest BCUT2D eigenvalue weighted by atomic mass is 16.3. The van der Waals surface area contributed by atoms with Crippen LogP contribution in [0.25, 0.3) is 0 Å². The molecule has 9 heteroatoms. The zero-order valence-electron chi connectivity index (χ0n) is 19.1. The van der Waals surface area contributed by atoms with Gasteiger partial charge in [-0.05, 0) is 35.9 Å². The highest BCUT2D eigenvalue weighted by molar-refractivity contribution is 6.13. The van der Waals surface area contributed by atoms with Crippen molar-refractivity contribution in [3.05, 3.63) is 89.5 Å². The standard InChI is InChI=1S/C27H24N4O5/c32-16-11-9-15(10-12-16)13-20-23(33)29-21(24(34)28-20)14-27(36)18-6-2-4-8-22(18)31-25(35)17-5-1-3-7-19(17)30-26(27)31/h1-12,20-21,26,30,32,36H,13-14H2,(H,28,34)(H,29,33). The van der Waals surface area contributed by atoms with Crippen LogP contribution in [0.1, 0.15) is 27.9 Å². The summed E-state index contributed by atoms with van der Waals surface area (Å²) in [5.74, 6) is -0.904. The number of hydrogen-bond acceptors (Lipinski definition) is 6. The molecule has 0 aliphatic carbocycles. The Hall–Kier alpha value is -4.37. The van der Waals surface area contributed by atoms with E-state index in [9.17, 15) is 24.6 Å². The lowest BCUT2D eigenvalue weighted by Gasteiger charge is -2.41. The van der Waals surface area contributed by atoms with Gasteiger partial charge in [0.05, 0.1) is 11.3 Å². The van der Waals surface area contributed by atoms with E-state index in [-0.39, 0.29) is 30.4 Å². The molecule has 0 radical (unpaired) electrons. The summed E-state index contributed by atoms with van der Waals surface area (Å²) in [7, 11) is 0. The predicted octanol–water partition coefficient (Wildman–Crippen LogP) is 1.61. The van der Waals surface area contributed by atoms with Gasteiger partial charge in [0, 0.05) is 24.1 Å². The van der Waals surface area contributed by atoms with Crippen molar-refractivity contribution in [2.24, 2.45) is 0 Å². The fraction of sp³-hybridized carbons (Fsp3) is 0.222. The summed E-state index contributed by atoms with van der Waals surface area (Å²) in [6.45, 7) is 0. The number of phenolic OH excluding ortho intramolecular Hbond substituents is 1. The lowest BCUT2D eigenvalue weighted by atomic mass is 9.84. The Morgan fingerprint density at radius 3 is 2.28 bits per heavy atom. The summed E-state index contributed by atoms with van der Waals surface area (Å²) < 4.78 is 0. The maximum atomic E-state index is 13.4. The first-order valence-corrected chi connectivity index (χ1v) is 11.7. The Morgan fingerprint density at radius 2 is 1.47 bits per heavy atom. The number of carbonyl (C=O) groups excluding carboxylic acids is 3. The van der Waals surface area contributed by atoms with Crippen LogP contribution in [0.4, 0.5) is 11.4 Å². The molecule has 1 saturated heterocycles. The van der Waals surface area contributed by atoms with Gasteiger partial charge in [-0.15, -0.1) is 0 Å². The number of aromatic hydroxyl groups is 1. The molecule has 182 valence electrons. The van der Waals surface area contributed by atoms with Crippen molar-refractivity contribution < 1.29 is 24.6 Å². The fourth-order valence-corrected chi connectivity index (χ4v) is 5.40. The molecule has 3 aromatic carbocycles. The normalized spacial score (nSPS) is 26.3. The first-order valence-electron chi connectivity index (χ1n) is 11.7. The van der Waals surface area contributed by atoms with E-state index in [0.717, 1.165) is 5.56 Å². The Balaban J connectivity index is 1.28. The molecule has 0 aromatic heterocycles. The molecular weight excluding hydrogens is 460 g/mol. The van der Waals surface area contributed by atoms with E-state index in [1.54, 1.807) is 60.7 Å². The number of anilines is 2. The van der Waals surface area contributed by atoms with Crippen molar-refractivity contribution in [3.63, 3.8) is 0 Å². The molecule has 0 spiro atoms. The third-order valence-electron chi connectivity index (χ3n) is 7.17. The smallest absolute Gasteiger partial charge is 0.262 e. The van der Waals surface area contributed by atoms with E-state index in [1.807, 2.05) is 0 Å². The molecule has 6 rings (SSSR count). The van der Waals surface area contributed by atoms with Crippen molar-refractivity contribution in [2.75, 3.05) is 10.2 Å². The summed E-state index contributed by atoms with van der Waals surface area (Å²) in [4.78, 5) is 40.9. The van der Waals surface area contributed by atoms with Gasteiger partial charge in [0.2, 0.25) is 11.8 Å². The molecule has 4 unspecified atom stereocenters. The molecule has 0 bridgehead atoms. The summed E-state index contributed by atoms with van der Waals surface area (Å²) >= 11 is 0. The number of benzene rings is 3. The van der Waals surface area contributed by atoms with Gasteiger partial charge in [-0.1, -0.05) is 42.5 Å². The van der Waals surface area contributed by atoms with E-state index < -0.39 is 29.8 Å². The Bertz CT molecular complexity index is 1390. The Kier molecular flexibility index (Phi) is 4.97. The summed E-state index contributed by atoms with van der Waals surface area (Å²) in [5, 5.41) is 30.3. The number of aliphatic hydroxyl groups is 1. The molecule has 36 heavy (non-hydrogen) atoms. The van der Waals surface area contributed by atoms with E-state index in [0.29, 0.717) is 22.5 Å². The number of phenols is 1. The summed E-state index contributed by atoms with van der Waals surface area (Å²) in [6.07, 6.45) is -0.713. The minimum absolute atomic E-state index is 0.118. The topological polar surface area (TPSA) is 131 Å². The molecule has 3 heterocycles. The van der Waals surface area contributed by atoms with Crippen molar-refractivity contribution in [2.45, 2.75) is 36.7 Å². The molecule has 3 aliphatic heterocycles. The van der Waals surface area contributed by atoms with Crippen LogP contribution >= 0.6 is 0 Å². The van der Waals surface area contributed by atoms with Crippen molar-refractivity contribution in [3.8, 4) is 5.75 Å². The van der Waals surface area contributed by atoms with Crippen LogP contribution in [-0.4, -0.2) is 46.2 Å². The van der Waals surface area contributed by atoms with Crippen molar-refractivity contribution >= 4 is 29.1 Å². The number of carbonyl (C=O) groups is 3. The van der Waals surface area contributed by atoms with Crippen LogP contribution < -0.4 is 20.9 Å². The maximum absolute atomic E-state index is 13.4. The average molecular weight is 485 g/mol. The van der Waals surface area contributed by atoms with Gasteiger partial charge in [-0.2, -0.15) is 0 Å². The number of nitrogens with one attached hydrogen (secondary N) is 3. The molecule has 9 nitrogen and oxygen atoms in total. The molecular formula is C27H24N4O5. The molecule has 1 fully saturated rings. The van der Waals surface area contributed by atoms with Crippen LogP contribution in [0.5, 0.6) is 5.75 Å². The minimum atomic E-state index is -1.64. The van der Waals surface area contributed by atoms with Crippen LogP contribution in [0.15, 0.2) is 72.8 Å². The SMILES string of the molecule is O=C1NC(CC2(O)c3ccccc3N3C(=O)c4ccccc4NC32)C(=O)NC1Cc1ccc(O)cc1. The molecule has 0 saturated carbocycles. The first-order chi connectivity index (χ1) is 17.3. The maximum Gasteiger partial charge on any atom is 0.262 e. The van der Waals surface area contributed by atoms with Gasteiger partial charge >= 0.3 is 0 Å². The van der Waals surface area contributed by atoms with Gasteiger partial charge in [-0.3, -0.25) is 19.3 Å². The van der Waals surface area contributed by atoms with Crippen LogP contribution in [0, 0.1) is 0 Å². The quantitative estimate of drug-likeness (QED) is 0.383. The second-order valence-corrected chi connectivity index (χ2v) is 9.41. The molecule has 3 amide bonds. The Morgan fingerprint density at radius 1 is 0.806 bits per heavy atom. The van der Waals surface area contributed by atoms with Gasteiger partial charge in [0.15, 0.2) is 0 Å². The third-order valence-corrected chi connectivity index (χ3v) is 7.17. The number of rotatable bonds is 4. The van der Waals surface area contributed by atoms with Crippen molar-refractivity contribution in [1.29, 1.82) is 0 Å². The fourth-order valence-electron chi connectivity index (χ4n) is 5.40. The minimum Gasteiger partial charge on any atom is -0.508 e. The predicted molar refractivity (Wildman–Crippen MR) is 131 cm³/mol. The highest BCUT2D eigenvalue weighted by Crippen LogP contribution is 2.49. The van der Waals surface area contributed by atoms with Gasteiger partial charge < -0.3 is 26.2 Å². The number of piperazine rings is 1. The Labute approximate surface area is 206 Å². The number of hydrogen-bond donors (Lipinski definition) is 5. The second kappa shape index (κ2) is 8.10. The van der Waals surface area contributed by atoms with Crippen LogP contribution in [0.2, 0.25) is 0 Å². The molecule has 3 aliphatic rings. The molecule has 5 N–H and O–H groups in total. The largest absolute Gasteiger partial charge is 0.508 e. The first kappa shape index (κ1) is 22.1. The number of nitrogens with zero attached hydrogens (tertiary/aromatic N) is 1. The number of amides is 3. The van der Waals surface area contributed by atoms with Crippen LogP contribution in [0.3, 0.4) is 0 Å². The third kappa shape index (κ3) is 3.39. The lowest BCUT2D eigenvalue weighted by Crippen LogP contribution is -2.65. The zero-order valence-corrected chi connectivity index (χ0v) is 19.1. The summed E-state index contributed by atoms with van der Waals surface area (Å²) in [5.41, 5.74) is 1.31. The molecule has 4 atom stereocenters. The van der Waals surface area contributed by atoms with Gasteiger partial charge in [0.1, 0.15) is 29.6 Å². The monoisotopic (exact) mass is 484 g/mol. The number of fused-ring (bicyclic) bond motifs is 4. The van der Waals surface area contributed by atoms with E-state index in [2.05, 4.69) is 16.0 Å². The van der Waals surface area contributed by atoms with E-state index >= 15 is 0 Å².